The molecule has 0 fully saturated rings. The van der Waals surface area contributed by atoms with Gasteiger partial charge in [-0.2, -0.15) is 0 Å². The quantitative estimate of drug-likeness (QED) is 0.327. The van der Waals surface area contributed by atoms with Crippen molar-refractivity contribution in [1.82, 2.24) is 10.6 Å². The van der Waals surface area contributed by atoms with Gasteiger partial charge in [0.05, 0.1) is 18.6 Å². The highest BCUT2D eigenvalue weighted by molar-refractivity contribution is 5.78. The lowest BCUT2D eigenvalue weighted by molar-refractivity contribution is -0.384. The van der Waals surface area contributed by atoms with Crippen molar-refractivity contribution in [2.75, 3.05) is 26.8 Å². The van der Waals surface area contributed by atoms with Crippen molar-refractivity contribution in [2.45, 2.75) is 6.54 Å². The van der Waals surface area contributed by atoms with E-state index in [4.69, 9.17) is 9.47 Å². The first-order valence-electron chi connectivity index (χ1n) is 8.20. The van der Waals surface area contributed by atoms with Crippen molar-refractivity contribution >= 4 is 11.6 Å². The Labute approximate surface area is 156 Å². The van der Waals surface area contributed by atoms with Crippen molar-refractivity contribution < 1.29 is 24.3 Å². The molecule has 0 aliphatic carbocycles. The van der Waals surface area contributed by atoms with Gasteiger partial charge in [-0.05, 0) is 18.2 Å². The molecule has 0 bridgehead atoms. The van der Waals surface area contributed by atoms with Gasteiger partial charge in [0.25, 0.3) is 5.69 Å². The number of phenols is 1. The van der Waals surface area contributed by atoms with Gasteiger partial charge in [0.15, 0.2) is 11.5 Å². The Hall–Kier alpha value is -3.33. The summed E-state index contributed by atoms with van der Waals surface area (Å²) in [7, 11) is 1.56. The minimum Gasteiger partial charge on any atom is -0.508 e. The van der Waals surface area contributed by atoms with Crippen LogP contribution in [-0.4, -0.2) is 42.7 Å². The zero-order valence-electron chi connectivity index (χ0n) is 14.8. The molecule has 9 heteroatoms. The van der Waals surface area contributed by atoms with E-state index < -0.39 is 4.92 Å². The maximum absolute atomic E-state index is 11.8. The fraction of sp³-hybridized carbons (Fsp3) is 0.278. The van der Waals surface area contributed by atoms with Crippen LogP contribution in [0.3, 0.4) is 0 Å². The van der Waals surface area contributed by atoms with E-state index in [1.54, 1.807) is 19.2 Å². The summed E-state index contributed by atoms with van der Waals surface area (Å²) in [6, 6.07) is 10.9. The number of aromatic hydroxyl groups is 1. The molecule has 27 heavy (non-hydrogen) atoms. The Morgan fingerprint density at radius 3 is 2.67 bits per heavy atom. The van der Waals surface area contributed by atoms with E-state index in [1.807, 2.05) is 12.1 Å². The summed E-state index contributed by atoms with van der Waals surface area (Å²) >= 11 is 0. The standard InChI is InChI=1S/C18H21N3O6/c1-26-16-4-2-3-5-17(16)27-9-8-19-12-18(23)20-11-13-10-14(21(24)25)6-7-15(13)22/h2-7,10,19,22H,8-9,11-12H2,1H3,(H,20,23). The average molecular weight is 375 g/mol. The largest absolute Gasteiger partial charge is 0.508 e. The molecule has 0 radical (unpaired) electrons. The topological polar surface area (TPSA) is 123 Å². The smallest absolute Gasteiger partial charge is 0.270 e. The summed E-state index contributed by atoms with van der Waals surface area (Å²) in [5, 5.41) is 26.0. The van der Waals surface area contributed by atoms with E-state index in [2.05, 4.69) is 10.6 Å². The number of methoxy groups -OCH3 is 1. The Morgan fingerprint density at radius 1 is 1.22 bits per heavy atom. The highest BCUT2D eigenvalue weighted by Gasteiger charge is 2.11. The lowest BCUT2D eigenvalue weighted by Crippen LogP contribution is -2.35. The van der Waals surface area contributed by atoms with Crippen LogP contribution in [0.5, 0.6) is 17.2 Å². The SMILES string of the molecule is COc1ccccc1OCCNCC(=O)NCc1cc([N+](=O)[O-])ccc1O. The van der Waals surface area contributed by atoms with Gasteiger partial charge in [0, 0.05) is 30.8 Å². The van der Waals surface area contributed by atoms with Crippen LogP contribution in [0.4, 0.5) is 5.69 Å². The molecule has 3 N–H and O–H groups in total. The van der Waals surface area contributed by atoms with Gasteiger partial charge in [0.1, 0.15) is 12.4 Å². The number of hydrogen-bond acceptors (Lipinski definition) is 7. The fourth-order valence-corrected chi connectivity index (χ4v) is 2.26. The number of nitro groups is 1. The number of carbonyl (C=O) groups is 1. The van der Waals surface area contributed by atoms with Crippen LogP contribution in [0.15, 0.2) is 42.5 Å². The summed E-state index contributed by atoms with van der Waals surface area (Å²) in [4.78, 5) is 22.0. The predicted octanol–water partition coefficient (Wildman–Crippen LogP) is 1.59. The lowest BCUT2D eigenvalue weighted by Gasteiger charge is -2.11. The maximum atomic E-state index is 11.8. The minimum absolute atomic E-state index is 0.00819. The molecule has 9 nitrogen and oxygen atoms in total. The third-order valence-corrected chi connectivity index (χ3v) is 3.64. The zero-order valence-corrected chi connectivity index (χ0v) is 14.8. The molecular formula is C18H21N3O6. The van der Waals surface area contributed by atoms with E-state index >= 15 is 0 Å². The molecule has 144 valence electrons. The van der Waals surface area contributed by atoms with Gasteiger partial charge in [-0.25, -0.2) is 0 Å². The third-order valence-electron chi connectivity index (χ3n) is 3.64. The lowest BCUT2D eigenvalue weighted by atomic mass is 10.2. The van der Waals surface area contributed by atoms with Crippen LogP contribution >= 0.6 is 0 Å². The number of benzene rings is 2. The second kappa shape index (κ2) is 9.97. The van der Waals surface area contributed by atoms with Crippen molar-refractivity contribution in [3.05, 3.63) is 58.1 Å². The number of amides is 1. The number of ether oxygens (including phenoxy) is 2. The van der Waals surface area contributed by atoms with Crippen LogP contribution in [0.1, 0.15) is 5.56 Å². The number of rotatable bonds is 10. The summed E-state index contributed by atoms with van der Waals surface area (Å²) < 4.78 is 10.7. The second-order valence-electron chi connectivity index (χ2n) is 5.52. The van der Waals surface area contributed by atoms with Crippen LogP contribution in [-0.2, 0) is 11.3 Å². The number of hydrogen-bond donors (Lipinski definition) is 3. The van der Waals surface area contributed by atoms with Crippen LogP contribution in [0.2, 0.25) is 0 Å². The van der Waals surface area contributed by atoms with E-state index in [1.165, 1.54) is 18.2 Å². The Bertz CT molecular complexity index is 796. The molecule has 0 unspecified atom stereocenters. The van der Waals surface area contributed by atoms with Crippen molar-refractivity contribution in [3.8, 4) is 17.2 Å². The monoisotopic (exact) mass is 375 g/mol. The van der Waals surface area contributed by atoms with E-state index in [-0.39, 0.29) is 36.0 Å². The second-order valence-corrected chi connectivity index (χ2v) is 5.52. The molecule has 0 saturated carbocycles. The molecule has 0 aromatic heterocycles. The predicted molar refractivity (Wildman–Crippen MR) is 98.0 cm³/mol. The minimum atomic E-state index is -0.561. The van der Waals surface area contributed by atoms with Gasteiger partial charge in [-0.3, -0.25) is 14.9 Å². The molecule has 0 aliphatic heterocycles. The number of phenolic OH excluding ortho intramolecular Hbond substituents is 1. The molecule has 0 atom stereocenters. The molecule has 2 aromatic carbocycles. The molecule has 0 heterocycles. The number of carbonyl (C=O) groups excluding carboxylic acids is 1. The molecule has 2 aromatic rings. The summed E-state index contributed by atoms with van der Waals surface area (Å²) in [5.74, 6) is 0.830. The molecule has 2 rings (SSSR count). The number of non-ortho nitro benzene ring substituents is 1. The maximum Gasteiger partial charge on any atom is 0.270 e. The number of nitrogens with zero attached hydrogens (tertiary/aromatic N) is 1. The van der Waals surface area contributed by atoms with Crippen LogP contribution < -0.4 is 20.1 Å². The molecular weight excluding hydrogens is 354 g/mol. The van der Waals surface area contributed by atoms with E-state index in [0.717, 1.165) is 0 Å². The Morgan fingerprint density at radius 2 is 1.96 bits per heavy atom. The first-order valence-corrected chi connectivity index (χ1v) is 8.20. The van der Waals surface area contributed by atoms with Crippen molar-refractivity contribution in [2.24, 2.45) is 0 Å². The van der Waals surface area contributed by atoms with Crippen molar-refractivity contribution in [3.63, 3.8) is 0 Å². The van der Waals surface area contributed by atoms with Gasteiger partial charge in [-0.1, -0.05) is 12.1 Å². The Kier molecular flexibility index (Phi) is 7.38. The third kappa shape index (κ3) is 6.15. The van der Waals surface area contributed by atoms with Gasteiger partial charge in [-0.15, -0.1) is 0 Å². The zero-order chi connectivity index (χ0) is 19.6. The molecule has 1 amide bonds. The molecule has 0 saturated heterocycles. The van der Waals surface area contributed by atoms with Gasteiger partial charge >= 0.3 is 0 Å². The number of nitro benzene ring substituents is 1. The fourth-order valence-electron chi connectivity index (χ4n) is 2.26. The van der Waals surface area contributed by atoms with Gasteiger partial charge in [0.2, 0.25) is 5.91 Å². The first kappa shape index (κ1) is 20.0. The summed E-state index contributed by atoms with van der Waals surface area (Å²) in [6.45, 7) is 0.823. The van der Waals surface area contributed by atoms with Crippen LogP contribution in [0, 0.1) is 10.1 Å². The average Bonchev–Trinajstić information content (AvgIpc) is 2.67. The van der Waals surface area contributed by atoms with E-state index in [9.17, 15) is 20.0 Å². The Balaban J connectivity index is 1.69. The molecule has 0 spiro atoms. The number of nitrogens with one attached hydrogen (secondary N) is 2. The highest BCUT2D eigenvalue weighted by Crippen LogP contribution is 2.25. The molecule has 0 aliphatic rings. The van der Waals surface area contributed by atoms with Crippen LogP contribution in [0.25, 0.3) is 0 Å². The number of para-hydroxylation sites is 2. The first-order chi connectivity index (χ1) is 13.0. The van der Waals surface area contributed by atoms with Crippen molar-refractivity contribution in [1.29, 1.82) is 0 Å². The van der Waals surface area contributed by atoms with E-state index in [0.29, 0.717) is 24.7 Å². The highest BCUT2D eigenvalue weighted by atomic mass is 16.6. The summed E-state index contributed by atoms with van der Waals surface area (Å²) in [6.07, 6.45) is 0. The summed E-state index contributed by atoms with van der Waals surface area (Å²) in [5.41, 5.74) is 0.126. The van der Waals surface area contributed by atoms with Gasteiger partial charge < -0.3 is 25.2 Å². The normalized spacial score (nSPS) is 10.3.